The Morgan fingerprint density at radius 2 is 1.64 bits per heavy atom. The number of nitrogens with one attached hydrogen (secondary N) is 2. The molecule has 0 aliphatic rings. The molecule has 1 atom stereocenters. The molecule has 3 heterocycles. The molecule has 0 saturated carbocycles. The molecule has 3 N–H and O–H groups in total. The number of ether oxygens (including phenoxy) is 1. The highest BCUT2D eigenvalue weighted by molar-refractivity contribution is 7.08. The van der Waals surface area contributed by atoms with E-state index < -0.39 is 29.0 Å². The molecule has 5 aromatic rings. The molecular formula is C33H31FN6O4S. The summed E-state index contributed by atoms with van der Waals surface area (Å²) in [5.41, 5.74) is 0.570. The van der Waals surface area contributed by atoms with Crippen molar-refractivity contribution < 1.29 is 23.8 Å². The number of amides is 2. The maximum absolute atomic E-state index is 13.7. The summed E-state index contributed by atoms with van der Waals surface area (Å²) in [4.78, 5) is 39.1. The SMILES string of the molecule is CC(O)(CNC(=O)c1cc(-c2ncccn2)ns1)c1cc(C(C)(C)NC(=O)OCc2ccccc2)cc(-c2ccc(F)cc2)n1. The number of alkyl carbamates (subject to hydrolysis) is 1. The third kappa shape index (κ3) is 7.91. The van der Waals surface area contributed by atoms with E-state index in [4.69, 9.17) is 4.74 Å². The van der Waals surface area contributed by atoms with E-state index in [0.29, 0.717) is 33.2 Å². The molecule has 0 fully saturated rings. The molecule has 0 bridgehead atoms. The van der Waals surface area contributed by atoms with Crippen LogP contribution in [0.15, 0.2) is 91.3 Å². The second-order valence-electron chi connectivity index (χ2n) is 11.1. The number of carbonyl (C=O) groups is 2. The number of halogens is 1. The second-order valence-corrected chi connectivity index (χ2v) is 11.9. The Labute approximate surface area is 263 Å². The van der Waals surface area contributed by atoms with Crippen molar-refractivity contribution in [1.82, 2.24) is 30.0 Å². The van der Waals surface area contributed by atoms with Crippen molar-refractivity contribution in [2.75, 3.05) is 6.54 Å². The van der Waals surface area contributed by atoms with E-state index in [1.165, 1.54) is 19.1 Å². The van der Waals surface area contributed by atoms with Crippen molar-refractivity contribution in [3.05, 3.63) is 119 Å². The van der Waals surface area contributed by atoms with Gasteiger partial charge in [0.1, 0.15) is 28.6 Å². The molecule has 2 aromatic carbocycles. The summed E-state index contributed by atoms with van der Waals surface area (Å²) in [7, 11) is 0. The molecule has 0 spiro atoms. The van der Waals surface area contributed by atoms with E-state index in [9.17, 15) is 19.1 Å². The van der Waals surface area contributed by atoms with Gasteiger partial charge in [-0.05, 0) is 92.0 Å². The topological polar surface area (TPSA) is 139 Å². The molecule has 2 amide bonds. The normalized spacial score (nSPS) is 12.6. The minimum absolute atomic E-state index is 0.0964. The molecule has 1 unspecified atom stereocenters. The summed E-state index contributed by atoms with van der Waals surface area (Å²) in [6.07, 6.45) is 2.55. The van der Waals surface area contributed by atoms with Crippen molar-refractivity contribution in [1.29, 1.82) is 0 Å². The monoisotopic (exact) mass is 626 g/mol. The zero-order chi connectivity index (χ0) is 32.0. The molecule has 12 heteroatoms. The smallest absolute Gasteiger partial charge is 0.408 e. The van der Waals surface area contributed by atoms with Crippen molar-refractivity contribution in [2.24, 2.45) is 0 Å². The van der Waals surface area contributed by atoms with Crippen LogP contribution in [-0.4, -0.2) is 43.0 Å². The fourth-order valence-electron chi connectivity index (χ4n) is 4.37. The fraction of sp³-hybridized carbons (Fsp3) is 0.212. The summed E-state index contributed by atoms with van der Waals surface area (Å²) in [6, 6.07) is 21.8. The Morgan fingerprint density at radius 1 is 0.933 bits per heavy atom. The molecule has 0 radical (unpaired) electrons. The molecule has 45 heavy (non-hydrogen) atoms. The summed E-state index contributed by atoms with van der Waals surface area (Å²) in [6.45, 7) is 5.02. The van der Waals surface area contributed by atoms with Gasteiger partial charge in [0.15, 0.2) is 5.82 Å². The summed E-state index contributed by atoms with van der Waals surface area (Å²) >= 11 is 0.992. The number of nitrogens with zero attached hydrogens (tertiary/aromatic N) is 4. The van der Waals surface area contributed by atoms with Crippen LogP contribution in [0.5, 0.6) is 0 Å². The molecule has 0 saturated heterocycles. The second kappa shape index (κ2) is 13.3. The van der Waals surface area contributed by atoms with Crippen LogP contribution in [0.1, 0.15) is 47.3 Å². The lowest BCUT2D eigenvalue weighted by Gasteiger charge is -2.30. The van der Waals surface area contributed by atoms with Crippen LogP contribution < -0.4 is 10.6 Å². The summed E-state index contributed by atoms with van der Waals surface area (Å²) < 4.78 is 23.4. The van der Waals surface area contributed by atoms with Gasteiger partial charge in [-0.1, -0.05) is 30.3 Å². The maximum atomic E-state index is 13.7. The van der Waals surface area contributed by atoms with Gasteiger partial charge in [0.25, 0.3) is 5.91 Å². The van der Waals surface area contributed by atoms with E-state index in [2.05, 4.69) is 30.0 Å². The van der Waals surface area contributed by atoms with Gasteiger partial charge in [-0.3, -0.25) is 4.79 Å². The van der Waals surface area contributed by atoms with Crippen LogP contribution in [-0.2, 0) is 22.5 Å². The van der Waals surface area contributed by atoms with Crippen LogP contribution in [0.4, 0.5) is 9.18 Å². The first-order chi connectivity index (χ1) is 21.5. The number of pyridine rings is 1. The van der Waals surface area contributed by atoms with E-state index in [1.54, 1.807) is 62.6 Å². The highest BCUT2D eigenvalue weighted by Crippen LogP contribution is 2.30. The lowest BCUT2D eigenvalue weighted by molar-refractivity contribution is 0.0489. The average molecular weight is 627 g/mol. The Kier molecular flexibility index (Phi) is 9.26. The standard InChI is InChI=1S/C33H31FN6O4S/c1-32(2,39-31(42)44-19-21-8-5-4-6-9-21)23-16-25(22-10-12-24(34)13-11-22)38-28(17-23)33(3,43)20-37-30(41)27-18-26(40-45-27)29-35-14-7-15-36-29/h4-18,43H,19-20H2,1-3H3,(H,37,41)(H,39,42). The third-order valence-corrected chi connectivity index (χ3v) is 7.78. The molecule has 5 rings (SSSR count). The zero-order valence-electron chi connectivity index (χ0n) is 24.8. The molecule has 230 valence electrons. The molecule has 3 aromatic heterocycles. The summed E-state index contributed by atoms with van der Waals surface area (Å²) in [5, 5.41) is 17.2. The Balaban J connectivity index is 1.37. The first-order valence-electron chi connectivity index (χ1n) is 14.0. The predicted molar refractivity (Wildman–Crippen MR) is 167 cm³/mol. The van der Waals surface area contributed by atoms with Gasteiger partial charge in [0, 0.05) is 18.0 Å². The van der Waals surface area contributed by atoms with Crippen LogP contribution >= 0.6 is 11.5 Å². The van der Waals surface area contributed by atoms with Crippen LogP contribution in [0.25, 0.3) is 22.8 Å². The molecule has 0 aliphatic heterocycles. The lowest BCUT2D eigenvalue weighted by Crippen LogP contribution is -2.42. The van der Waals surface area contributed by atoms with Gasteiger partial charge in [-0.15, -0.1) is 0 Å². The Bertz CT molecular complexity index is 1780. The van der Waals surface area contributed by atoms with Crippen molar-refractivity contribution in [3.63, 3.8) is 0 Å². The van der Waals surface area contributed by atoms with Gasteiger partial charge in [0.2, 0.25) is 0 Å². The fourth-order valence-corrected chi connectivity index (χ4v) is 5.02. The highest BCUT2D eigenvalue weighted by atomic mass is 32.1. The summed E-state index contributed by atoms with van der Waals surface area (Å²) in [5.74, 6) is -0.444. The first kappa shape index (κ1) is 31.4. The van der Waals surface area contributed by atoms with E-state index in [-0.39, 0.29) is 18.8 Å². The first-order valence-corrected chi connectivity index (χ1v) is 14.8. The number of benzene rings is 2. The van der Waals surface area contributed by atoms with Crippen molar-refractivity contribution in [2.45, 2.75) is 38.5 Å². The van der Waals surface area contributed by atoms with E-state index >= 15 is 0 Å². The zero-order valence-corrected chi connectivity index (χ0v) is 25.6. The maximum Gasteiger partial charge on any atom is 0.408 e. The Hall–Kier alpha value is -5.07. The quantitative estimate of drug-likeness (QED) is 0.182. The van der Waals surface area contributed by atoms with Crippen LogP contribution in [0.3, 0.4) is 0 Å². The lowest BCUT2D eigenvalue weighted by atomic mass is 9.89. The minimum atomic E-state index is -1.64. The number of rotatable bonds is 10. The number of aromatic nitrogens is 4. The number of aliphatic hydroxyl groups is 1. The minimum Gasteiger partial charge on any atom is -0.445 e. The number of hydrogen-bond donors (Lipinski definition) is 3. The van der Waals surface area contributed by atoms with Crippen LogP contribution in [0, 0.1) is 5.82 Å². The molecule has 0 aliphatic carbocycles. The van der Waals surface area contributed by atoms with Gasteiger partial charge >= 0.3 is 6.09 Å². The Morgan fingerprint density at radius 3 is 2.36 bits per heavy atom. The van der Waals surface area contributed by atoms with Crippen molar-refractivity contribution in [3.8, 4) is 22.8 Å². The average Bonchev–Trinajstić information content (AvgIpc) is 3.54. The predicted octanol–water partition coefficient (Wildman–Crippen LogP) is 5.60. The highest BCUT2D eigenvalue weighted by Gasteiger charge is 2.31. The molecule has 10 nitrogen and oxygen atoms in total. The third-order valence-electron chi connectivity index (χ3n) is 6.99. The van der Waals surface area contributed by atoms with Crippen molar-refractivity contribution >= 4 is 23.5 Å². The van der Waals surface area contributed by atoms with Gasteiger partial charge in [0.05, 0.1) is 23.5 Å². The van der Waals surface area contributed by atoms with E-state index in [1.807, 2.05) is 30.3 Å². The number of hydrogen-bond acceptors (Lipinski definition) is 9. The molecular weight excluding hydrogens is 595 g/mol. The van der Waals surface area contributed by atoms with Gasteiger partial charge in [-0.2, -0.15) is 4.37 Å². The van der Waals surface area contributed by atoms with Crippen LogP contribution in [0.2, 0.25) is 0 Å². The van der Waals surface area contributed by atoms with Gasteiger partial charge in [-0.25, -0.2) is 24.1 Å². The van der Waals surface area contributed by atoms with Gasteiger partial charge < -0.3 is 20.5 Å². The van der Waals surface area contributed by atoms with E-state index in [0.717, 1.165) is 17.1 Å². The largest absolute Gasteiger partial charge is 0.445 e. The number of carbonyl (C=O) groups excluding carboxylic acids is 2.